The van der Waals surface area contributed by atoms with Gasteiger partial charge < -0.3 is 10.3 Å². The number of aromatic nitrogens is 5. The number of hydrogen-bond donors (Lipinski definition) is 3. The number of H-pyrrole nitrogens is 2. The van der Waals surface area contributed by atoms with Gasteiger partial charge in [-0.05, 0) is 54.7 Å². The second kappa shape index (κ2) is 8.74. The number of hydrogen-bond acceptors (Lipinski definition) is 5. The van der Waals surface area contributed by atoms with Crippen LogP contribution in [-0.2, 0) is 0 Å². The summed E-state index contributed by atoms with van der Waals surface area (Å²) in [5.74, 6) is 1.20. The van der Waals surface area contributed by atoms with Crippen LogP contribution in [0.3, 0.4) is 0 Å². The van der Waals surface area contributed by atoms with Crippen LogP contribution in [0.5, 0.6) is 0 Å². The summed E-state index contributed by atoms with van der Waals surface area (Å²) in [6, 6.07) is 15.7. The van der Waals surface area contributed by atoms with Crippen LogP contribution in [0.1, 0.15) is 32.1 Å². The monoisotopic (exact) mass is 450 g/mol. The Balaban J connectivity index is 1.33. The van der Waals surface area contributed by atoms with Gasteiger partial charge in [0.25, 0.3) is 5.56 Å². The third kappa shape index (κ3) is 3.94. The molecule has 3 heterocycles. The molecule has 3 N–H and O–H groups in total. The van der Waals surface area contributed by atoms with Crippen LogP contribution in [0.4, 0.5) is 5.69 Å². The minimum atomic E-state index is -0.266. The molecule has 0 unspecified atom stereocenters. The molecule has 0 radical (unpaired) electrons. The fraction of sp³-hybridized carbons (Fsp3) is 0.259. The summed E-state index contributed by atoms with van der Waals surface area (Å²) < 4.78 is 0. The fourth-order valence-electron chi connectivity index (χ4n) is 4.93. The van der Waals surface area contributed by atoms with Gasteiger partial charge in [0.15, 0.2) is 5.82 Å². The zero-order valence-electron chi connectivity index (χ0n) is 18.8. The molecule has 1 aliphatic rings. The normalized spacial score (nSPS) is 14.6. The highest BCUT2D eigenvalue weighted by molar-refractivity contribution is 5.95. The molecule has 170 valence electrons. The first kappa shape index (κ1) is 20.6. The fourth-order valence-corrected chi connectivity index (χ4v) is 4.93. The van der Waals surface area contributed by atoms with Crippen LogP contribution in [-0.4, -0.2) is 31.7 Å². The first-order valence-corrected chi connectivity index (χ1v) is 11.9. The molecule has 0 aliphatic heterocycles. The van der Waals surface area contributed by atoms with E-state index in [-0.39, 0.29) is 5.56 Å². The van der Waals surface area contributed by atoms with Gasteiger partial charge in [0.1, 0.15) is 5.69 Å². The predicted octanol–water partition coefficient (Wildman–Crippen LogP) is 5.52. The molecular weight excluding hydrogens is 424 g/mol. The van der Waals surface area contributed by atoms with Crippen molar-refractivity contribution in [3.05, 3.63) is 71.3 Å². The van der Waals surface area contributed by atoms with Gasteiger partial charge in [0, 0.05) is 29.9 Å². The zero-order valence-corrected chi connectivity index (χ0v) is 18.8. The lowest BCUT2D eigenvalue weighted by Crippen LogP contribution is -2.17. The van der Waals surface area contributed by atoms with Crippen molar-refractivity contribution in [1.82, 2.24) is 25.1 Å². The summed E-state index contributed by atoms with van der Waals surface area (Å²) in [5.41, 5.74) is 5.09. The number of anilines is 1. The van der Waals surface area contributed by atoms with E-state index in [9.17, 15) is 4.79 Å². The second-order valence-corrected chi connectivity index (χ2v) is 9.12. The van der Waals surface area contributed by atoms with Crippen LogP contribution < -0.4 is 10.9 Å². The molecule has 0 bridgehead atoms. The summed E-state index contributed by atoms with van der Waals surface area (Å²) in [4.78, 5) is 24.5. The van der Waals surface area contributed by atoms with E-state index in [2.05, 4.69) is 48.7 Å². The van der Waals surface area contributed by atoms with Gasteiger partial charge in [-0.3, -0.25) is 14.9 Å². The molecule has 7 heteroatoms. The Hall–Kier alpha value is -4.00. The number of aromatic amines is 2. The van der Waals surface area contributed by atoms with E-state index in [1.165, 1.54) is 32.1 Å². The maximum absolute atomic E-state index is 12.5. The first-order valence-electron chi connectivity index (χ1n) is 11.9. The number of nitrogens with one attached hydrogen (secondary N) is 3. The molecule has 0 amide bonds. The van der Waals surface area contributed by atoms with E-state index in [0.717, 1.165) is 45.7 Å². The van der Waals surface area contributed by atoms with Crippen molar-refractivity contribution in [2.75, 3.05) is 11.9 Å². The Bertz CT molecular complexity index is 1530. The van der Waals surface area contributed by atoms with Gasteiger partial charge in [0.2, 0.25) is 0 Å². The highest BCUT2D eigenvalue weighted by atomic mass is 16.1. The smallest absolute Gasteiger partial charge is 0.281 e. The molecule has 34 heavy (non-hydrogen) atoms. The molecule has 5 aromatic rings. The molecule has 0 saturated heterocycles. The van der Waals surface area contributed by atoms with Crippen molar-refractivity contribution in [1.29, 1.82) is 0 Å². The van der Waals surface area contributed by atoms with Gasteiger partial charge >= 0.3 is 0 Å². The Kier molecular flexibility index (Phi) is 5.30. The molecule has 7 nitrogen and oxygen atoms in total. The van der Waals surface area contributed by atoms with Crippen molar-refractivity contribution in [3.8, 4) is 22.6 Å². The topological polar surface area (TPSA) is 99.3 Å². The van der Waals surface area contributed by atoms with E-state index < -0.39 is 0 Å². The molecule has 2 aromatic carbocycles. The van der Waals surface area contributed by atoms with Crippen LogP contribution in [0.15, 0.2) is 65.7 Å². The van der Waals surface area contributed by atoms with E-state index in [1.54, 1.807) is 6.07 Å². The molecule has 6 rings (SSSR count). The van der Waals surface area contributed by atoms with E-state index in [4.69, 9.17) is 0 Å². The second-order valence-electron chi connectivity index (χ2n) is 9.12. The number of nitrogens with zero attached hydrogens (tertiary/aromatic N) is 3. The molecule has 3 aromatic heterocycles. The van der Waals surface area contributed by atoms with E-state index in [0.29, 0.717) is 16.9 Å². The highest BCUT2D eigenvalue weighted by Gasteiger charge is 2.15. The number of fused-ring (bicyclic) bond motifs is 2. The highest BCUT2D eigenvalue weighted by Crippen LogP contribution is 2.30. The van der Waals surface area contributed by atoms with Crippen molar-refractivity contribution in [2.24, 2.45) is 5.92 Å². The summed E-state index contributed by atoms with van der Waals surface area (Å²) in [5, 5.41) is 12.6. The summed E-state index contributed by atoms with van der Waals surface area (Å²) in [6.45, 7) is 0.997. The van der Waals surface area contributed by atoms with Crippen molar-refractivity contribution >= 4 is 27.5 Å². The average molecular weight is 451 g/mol. The lowest BCUT2D eigenvalue weighted by Gasteiger charge is -2.22. The molecule has 1 fully saturated rings. The molecule has 0 spiro atoms. The zero-order chi connectivity index (χ0) is 22.9. The standard InChI is InChI=1S/C27H26N6O/c34-27-21-8-4-5-9-23(21)30-26(31-27)25-22-13-18(10-11-24(22)32-33-25)19-12-20(16-28-15-19)29-14-17-6-2-1-3-7-17/h4-5,8-13,15-17,29H,1-3,6-7,14H2,(H,32,33)(H,30,31,34). The minimum Gasteiger partial charge on any atom is -0.384 e. The van der Waals surface area contributed by atoms with Gasteiger partial charge in [-0.15, -0.1) is 0 Å². The van der Waals surface area contributed by atoms with Gasteiger partial charge in [-0.1, -0.05) is 37.5 Å². The molecule has 0 atom stereocenters. The Morgan fingerprint density at radius 2 is 1.79 bits per heavy atom. The summed E-state index contributed by atoms with van der Waals surface area (Å²) in [7, 11) is 0. The molecule has 1 saturated carbocycles. The average Bonchev–Trinajstić information content (AvgIpc) is 3.32. The Labute approximate surface area is 196 Å². The Morgan fingerprint density at radius 3 is 2.71 bits per heavy atom. The summed E-state index contributed by atoms with van der Waals surface area (Å²) >= 11 is 0. The minimum absolute atomic E-state index is 0.266. The van der Waals surface area contributed by atoms with Crippen LogP contribution in [0, 0.1) is 5.92 Å². The third-order valence-corrected chi connectivity index (χ3v) is 6.80. The lowest BCUT2D eigenvalue weighted by atomic mass is 9.89. The number of benzene rings is 2. The maximum atomic E-state index is 12.5. The van der Waals surface area contributed by atoms with Gasteiger partial charge in [-0.25, -0.2) is 0 Å². The third-order valence-electron chi connectivity index (χ3n) is 6.80. The van der Waals surface area contributed by atoms with E-state index in [1.807, 2.05) is 36.7 Å². The SMILES string of the molecule is O=c1nc(-c2n[nH]c3ccc(-c4cncc(NCC5CCCCC5)c4)cc23)[nH]c2ccccc12. The number of pyridine rings is 1. The van der Waals surface area contributed by atoms with Crippen LogP contribution in [0.2, 0.25) is 0 Å². The van der Waals surface area contributed by atoms with Crippen molar-refractivity contribution in [3.63, 3.8) is 0 Å². The first-order chi connectivity index (χ1) is 16.7. The van der Waals surface area contributed by atoms with Crippen molar-refractivity contribution in [2.45, 2.75) is 32.1 Å². The van der Waals surface area contributed by atoms with Crippen LogP contribution in [0.25, 0.3) is 44.5 Å². The molecule has 1 aliphatic carbocycles. The summed E-state index contributed by atoms with van der Waals surface area (Å²) in [6.07, 6.45) is 10.4. The maximum Gasteiger partial charge on any atom is 0.281 e. The number of rotatable bonds is 5. The molecular formula is C27H26N6O. The van der Waals surface area contributed by atoms with Crippen molar-refractivity contribution < 1.29 is 0 Å². The largest absolute Gasteiger partial charge is 0.384 e. The van der Waals surface area contributed by atoms with Gasteiger partial charge in [0.05, 0.1) is 22.1 Å². The van der Waals surface area contributed by atoms with Crippen LogP contribution >= 0.6 is 0 Å². The Morgan fingerprint density at radius 1 is 0.912 bits per heavy atom. The lowest BCUT2D eigenvalue weighted by molar-refractivity contribution is 0.373. The van der Waals surface area contributed by atoms with E-state index >= 15 is 0 Å². The van der Waals surface area contributed by atoms with Gasteiger partial charge in [-0.2, -0.15) is 10.1 Å². The number of para-hydroxylation sites is 1. The quantitative estimate of drug-likeness (QED) is 0.327. The predicted molar refractivity (Wildman–Crippen MR) is 136 cm³/mol.